The Labute approximate surface area is 106 Å². The van der Waals surface area contributed by atoms with Crippen molar-refractivity contribution in [1.82, 2.24) is 10.2 Å². The van der Waals surface area contributed by atoms with E-state index in [4.69, 9.17) is 5.11 Å². The number of aliphatic carboxylic acids is 1. The lowest BCUT2D eigenvalue weighted by Crippen LogP contribution is -2.41. The summed E-state index contributed by atoms with van der Waals surface area (Å²) >= 11 is 0. The predicted molar refractivity (Wildman–Crippen MR) is 68.3 cm³/mol. The molecule has 1 aromatic rings. The van der Waals surface area contributed by atoms with Gasteiger partial charge in [-0.25, -0.2) is 4.79 Å². The Bertz CT molecular complexity index is 406. The molecule has 18 heavy (non-hydrogen) atoms. The van der Waals surface area contributed by atoms with Crippen LogP contribution in [-0.2, 0) is 4.79 Å². The fourth-order valence-corrected chi connectivity index (χ4v) is 1.64. The van der Waals surface area contributed by atoms with Crippen molar-refractivity contribution < 1.29 is 14.7 Å². The summed E-state index contributed by atoms with van der Waals surface area (Å²) in [5.74, 6) is -1.03. The Morgan fingerprint density at radius 3 is 2.44 bits per heavy atom. The second-order valence-electron chi connectivity index (χ2n) is 4.07. The van der Waals surface area contributed by atoms with E-state index in [1.807, 2.05) is 37.3 Å². The van der Waals surface area contributed by atoms with Crippen molar-refractivity contribution in [3.63, 3.8) is 0 Å². The topological polar surface area (TPSA) is 69.6 Å². The number of carboxylic acids is 1. The first kappa shape index (κ1) is 14.0. The standard InChI is InChI=1S/C13H18N2O3/c1-3-11(10-7-5-4-6-8-10)14-13(18)15(2)9-12(16)17/h4-8,11H,3,9H2,1-2H3,(H,14,18)(H,16,17). The highest BCUT2D eigenvalue weighted by atomic mass is 16.4. The van der Waals surface area contributed by atoms with Crippen LogP contribution < -0.4 is 5.32 Å². The van der Waals surface area contributed by atoms with Crippen molar-refractivity contribution in [2.24, 2.45) is 0 Å². The second kappa shape index (κ2) is 6.64. The summed E-state index contributed by atoms with van der Waals surface area (Å²) in [4.78, 5) is 23.4. The van der Waals surface area contributed by atoms with Crippen LogP contribution in [0.5, 0.6) is 0 Å². The van der Waals surface area contributed by atoms with Crippen LogP contribution in [0, 0.1) is 0 Å². The lowest BCUT2D eigenvalue weighted by molar-refractivity contribution is -0.137. The molecule has 0 aliphatic heterocycles. The molecule has 2 amide bonds. The summed E-state index contributed by atoms with van der Waals surface area (Å²) in [5, 5.41) is 11.4. The molecule has 0 bridgehead atoms. The smallest absolute Gasteiger partial charge is 0.323 e. The van der Waals surface area contributed by atoms with Crippen LogP contribution in [-0.4, -0.2) is 35.6 Å². The molecule has 0 aromatic heterocycles. The van der Waals surface area contributed by atoms with E-state index >= 15 is 0 Å². The Morgan fingerprint density at radius 2 is 1.94 bits per heavy atom. The number of nitrogens with zero attached hydrogens (tertiary/aromatic N) is 1. The number of carbonyl (C=O) groups excluding carboxylic acids is 1. The molecule has 0 fully saturated rings. The molecule has 5 nitrogen and oxygen atoms in total. The van der Waals surface area contributed by atoms with Crippen LogP contribution in [0.4, 0.5) is 4.79 Å². The maximum absolute atomic E-state index is 11.8. The number of hydrogen-bond acceptors (Lipinski definition) is 2. The van der Waals surface area contributed by atoms with E-state index in [9.17, 15) is 9.59 Å². The highest BCUT2D eigenvalue weighted by Crippen LogP contribution is 2.15. The Kier molecular flexibility index (Phi) is 5.17. The third kappa shape index (κ3) is 4.08. The van der Waals surface area contributed by atoms with Gasteiger partial charge in [0.1, 0.15) is 6.54 Å². The minimum atomic E-state index is -1.03. The maximum atomic E-state index is 11.8. The van der Waals surface area contributed by atoms with Gasteiger partial charge in [-0.05, 0) is 12.0 Å². The Balaban J connectivity index is 2.64. The van der Waals surface area contributed by atoms with Crippen molar-refractivity contribution in [3.05, 3.63) is 35.9 Å². The average molecular weight is 250 g/mol. The Hall–Kier alpha value is -2.04. The van der Waals surface area contributed by atoms with Gasteiger partial charge in [0.15, 0.2) is 0 Å². The van der Waals surface area contributed by atoms with Gasteiger partial charge in [0.05, 0.1) is 6.04 Å². The number of carbonyl (C=O) groups is 2. The van der Waals surface area contributed by atoms with Gasteiger partial charge < -0.3 is 15.3 Å². The van der Waals surface area contributed by atoms with Gasteiger partial charge in [0, 0.05) is 7.05 Å². The van der Waals surface area contributed by atoms with E-state index in [-0.39, 0.29) is 18.6 Å². The number of nitrogens with one attached hydrogen (secondary N) is 1. The van der Waals surface area contributed by atoms with Crippen LogP contribution in [0.1, 0.15) is 24.9 Å². The molecule has 5 heteroatoms. The van der Waals surface area contributed by atoms with Crippen LogP contribution in [0.25, 0.3) is 0 Å². The second-order valence-corrected chi connectivity index (χ2v) is 4.07. The minimum absolute atomic E-state index is 0.102. The van der Waals surface area contributed by atoms with Gasteiger partial charge in [-0.3, -0.25) is 4.79 Å². The van der Waals surface area contributed by atoms with Crippen LogP contribution in [0.15, 0.2) is 30.3 Å². The number of urea groups is 1. The largest absolute Gasteiger partial charge is 0.480 e. The fraction of sp³-hybridized carbons (Fsp3) is 0.385. The van der Waals surface area contributed by atoms with Crippen molar-refractivity contribution in [3.8, 4) is 0 Å². The van der Waals surface area contributed by atoms with Crippen molar-refractivity contribution in [2.75, 3.05) is 13.6 Å². The quantitative estimate of drug-likeness (QED) is 0.838. The van der Waals surface area contributed by atoms with E-state index in [1.165, 1.54) is 7.05 Å². The summed E-state index contributed by atoms with van der Waals surface area (Å²) in [6.07, 6.45) is 0.747. The zero-order valence-corrected chi connectivity index (χ0v) is 10.6. The van der Waals surface area contributed by atoms with Gasteiger partial charge in [-0.15, -0.1) is 0 Å². The van der Waals surface area contributed by atoms with Crippen molar-refractivity contribution in [2.45, 2.75) is 19.4 Å². The van der Waals surface area contributed by atoms with Crippen LogP contribution in [0.3, 0.4) is 0 Å². The average Bonchev–Trinajstić information content (AvgIpc) is 2.35. The molecule has 1 rings (SSSR count). The zero-order valence-electron chi connectivity index (χ0n) is 10.6. The van der Waals surface area contributed by atoms with Gasteiger partial charge in [-0.1, -0.05) is 37.3 Å². The van der Waals surface area contributed by atoms with Gasteiger partial charge in [-0.2, -0.15) is 0 Å². The lowest BCUT2D eigenvalue weighted by atomic mass is 10.1. The highest BCUT2D eigenvalue weighted by molar-refractivity contribution is 5.80. The molecule has 1 unspecified atom stereocenters. The summed E-state index contributed by atoms with van der Waals surface area (Å²) in [6.45, 7) is 1.66. The van der Waals surface area contributed by atoms with Gasteiger partial charge in [0.2, 0.25) is 0 Å². The van der Waals surface area contributed by atoms with E-state index < -0.39 is 5.97 Å². The molecule has 0 aliphatic rings. The normalized spacial score (nSPS) is 11.7. The van der Waals surface area contributed by atoms with E-state index in [0.717, 1.165) is 16.9 Å². The first-order valence-electron chi connectivity index (χ1n) is 5.83. The molecule has 0 aliphatic carbocycles. The first-order valence-corrected chi connectivity index (χ1v) is 5.83. The van der Waals surface area contributed by atoms with Crippen molar-refractivity contribution >= 4 is 12.0 Å². The van der Waals surface area contributed by atoms with E-state index in [2.05, 4.69) is 5.32 Å². The molecular formula is C13H18N2O3. The molecule has 0 radical (unpaired) electrons. The Morgan fingerprint density at radius 1 is 1.33 bits per heavy atom. The molecule has 1 aromatic carbocycles. The third-order valence-electron chi connectivity index (χ3n) is 2.63. The number of rotatable bonds is 5. The number of likely N-dealkylation sites (N-methyl/N-ethyl adjacent to an activating group) is 1. The molecule has 0 spiro atoms. The summed E-state index contributed by atoms with van der Waals surface area (Å²) in [5.41, 5.74) is 1.01. The number of hydrogen-bond donors (Lipinski definition) is 2. The molecule has 2 N–H and O–H groups in total. The van der Waals surface area contributed by atoms with E-state index in [0.29, 0.717) is 0 Å². The van der Waals surface area contributed by atoms with E-state index in [1.54, 1.807) is 0 Å². The molecular weight excluding hydrogens is 232 g/mol. The monoisotopic (exact) mass is 250 g/mol. The van der Waals surface area contributed by atoms with Crippen molar-refractivity contribution in [1.29, 1.82) is 0 Å². The summed E-state index contributed by atoms with van der Waals surface area (Å²) in [6, 6.07) is 9.12. The summed E-state index contributed by atoms with van der Waals surface area (Å²) in [7, 11) is 1.46. The highest BCUT2D eigenvalue weighted by Gasteiger charge is 2.16. The third-order valence-corrected chi connectivity index (χ3v) is 2.63. The number of amides is 2. The lowest BCUT2D eigenvalue weighted by Gasteiger charge is -2.22. The number of benzene rings is 1. The minimum Gasteiger partial charge on any atom is -0.480 e. The van der Waals surface area contributed by atoms with Gasteiger partial charge >= 0.3 is 12.0 Å². The fourth-order valence-electron chi connectivity index (χ4n) is 1.64. The SMILES string of the molecule is CCC(NC(=O)N(C)CC(=O)O)c1ccccc1. The predicted octanol–water partition coefficient (Wildman–Crippen LogP) is 1.86. The number of carboxylic acid groups (broad SMARTS) is 1. The maximum Gasteiger partial charge on any atom is 0.323 e. The van der Waals surface area contributed by atoms with Crippen LogP contribution >= 0.6 is 0 Å². The zero-order chi connectivity index (χ0) is 13.5. The van der Waals surface area contributed by atoms with Crippen LogP contribution in [0.2, 0.25) is 0 Å². The van der Waals surface area contributed by atoms with Gasteiger partial charge in [0.25, 0.3) is 0 Å². The molecule has 98 valence electrons. The molecule has 0 saturated heterocycles. The summed E-state index contributed by atoms with van der Waals surface area (Å²) < 4.78 is 0. The molecule has 0 heterocycles. The molecule has 1 atom stereocenters. The molecule has 0 saturated carbocycles. The first-order chi connectivity index (χ1) is 8.54.